The minimum atomic E-state index is -0.0802. The molecule has 7 heteroatoms. The van der Waals surface area contributed by atoms with Crippen molar-refractivity contribution < 1.29 is 4.79 Å². The third kappa shape index (κ3) is 5.66. The fourth-order valence-corrected chi connectivity index (χ4v) is 2.86. The van der Waals surface area contributed by atoms with Crippen molar-refractivity contribution in [1.82, 2.24) is 15.6 Å². The molecule has 0 unspecified atom stereocenters. The number of hydrogen-bond donors (Lipinski definition) is 3. The van der Waals surface area contributed by atoms with Crippen LogP contribution < -0.4 is 16.0 Å². The van der Waals surface area contributed by atoms with Gasteiger partial charge < -0.3 is 16.0 Å². The molecule has 1 amide bonds. The number of aromatic nitrogens is 1. The van der Waals surface area contributed by atoms with Crippen LogP contribution in [0.2, 0.25) is 0 Å². The molecule has 2 rings (SSSR count). The normalized spacial score (nSPS) is 11.2. The Balaban J connectivity index is 1.70. The Morgan fingerprint density at radius 1 is 1.25 bits per heavy atom. The summed E-state index contributed by atoms with van der Waals surface area (Å²) in [5.41, 5.74) is 2.33. The largest absolute Gasteiger partial charge is 0.356 e. The highest BCUT2D eigenvalue weighted by Crippen LogP contribution is 2.14. The first-order valence-electron chi connectivity index (χ1n) is 7.78. The van der Waals surface area contributed by atoms with E-state index in [4.69, 9.17) is 0 Å². The van der Waals surface area contributed by atoms with Gasteiger partial charge in [-0.15, -0.1) is 11.3 Å². The number of nitrogens with zero attached hydrogens (tertiary/aromatic N) is 2. The Kier molecular flexibility index (Phi) is 6.74. The van der Waals surface area contributed by atoms with Gasteiger partial charge >= 0.3 is 0 Å². The molecule has 2 aromatic heterocycles. The van der Waals surface area contributed by atoms with Crippen molar-refractivity contribution in [2.45, 2.75) is 26.8 Å². The number of pyridine rings is 1. The molecular formula is C17H23N5OS. The van der Waals surface area contributed by atoms with E-state index in [0.29, 0.717) is 24.7 Å². The molecule has 0 radical (unpaired) electrons. The van der Waals surface area contributed by atoms with Gasteiger partial charge in [-0.25, -0.2) is 4.98 Å². The lowest BCUT2D eigenvalue weighted by atomic mass is 10.3. The van der Waals surface area contributed by atoms with Crippen LogP contribution in [0.25, 0.3) is 0 Å². The summed E-state index contributed by atoms with van der Waals surface area (Å²) in [4.78, 5) is 21.5. The van der Waals surface area contributed by atoms with Gasteiger partial charge in [-0.2, -0.15) is 0 Å². The van der Waals surface area contributed by atoms with Crippen LogP contribution in [0.15, 0.2) is 34.8 Å². The molecule has 24 heavy (non-hydrogen) atoms. The van der Waals surface area contributed by atoms with Crippen LogP contribution in [0.3, 0.4) is 0 Å². The zero-order valence-corrected chi connectivity index (χ0v) is 15.0. The molecule has 6 nitrogen and oxygen atoms in total. The molecule has 128 valence electrons. The molecule has 2 aromatic rings. The van der Waals surface area contributed by atoms with E-state index >= 15 is 0 Å². The second-order valence-corrected chi connectivity index (χ2v) is 6.40. The van der Waals surface area contributed by atoms with E-state index in [1.54, 1.807) is 30.6 Å². The summed E-state index contributed by atoms with van der Waals surface area (Å²) < 4.78 is 0. The van der Waals surface area contributed by atoms with Crippen molar-refractivity contribution in [3.8, 4) is 0 Å². The van der Waals surface area contributed by atoms with Crippen molar-refractivity contribution in [3.05, 3.63) is 45.8 Å². The Labute approximate surface area is 146 Å². The zero-order valence-electron chi connectivity index (χ0n) is 14.2. The highest BCUT2D eigenvalue weighted by atomic mass is 32.1. The maximum atomic E-state index is 11.9. The quantitative estimate of drug-likeness (QED) is 0.555. The van der Waals surface area contributed by atoms with Gasteiger partial charge in [0.2, 0.25) is 5.91 Å². The van der Waals surface area contributed by atoms with Crippen LogP contribution in [-0.2, 0) is 11.3 Å². The molecule has 0 spiro atoms. The second-order valence-electron chi connectivity index (χ2n) is 5.40. The molecule has 0 aliphatic carbocycles. The van der Waals surface area contributed by atoms with Gasteiger partial charge in [0.25, 0.3) is 0 Å². The number of thiophene rings is 1. The molecule has 0 saturated heterocycles. The van der Waals surface area contributed by atoms with Crippen molar-refractivity contribution in [2.24, 2.45) is 4.99 Å². The fourth-order valence-electron chi connectivity index (χ4n) is 2.01. The standard InChI is InChI=1S/C17H23N5OS/c1-12-4-5-15(20-10-12)22-16(23)6-8-19-17(18-3)21-11-14-13(2)7-9-24-14/h4-5,7,9-10H,6,8,11H2,1-3H3,(H2,18,19,21)(H,20,22,23). The predicted octanol–water partition coefficient (Wildman–Crippen LogP) is 2.45. The number of aryl methyl sites for hydroxylation is 2. The molecule has 3 N–H and O–H groups in total. The van der Waals surface area contributed by atoms with Crippen LogP contribution in [0.4, 0.5) is 5.82 Å². The first kappa shape index (κ1) is 17.9. The van der Waals surface area contributed by atoms with Gasteiger partial charge in [0.05, 0.1) is 6.54 Å². The third-order valence-electron chi connectivity index (χ3n) is 3.43. The summed E-state index contributed by atoms with van der Waals surface area (Å²) in [6.07, 6.45) is 2.07. The van der Waals surface area contributed by atoms with E-state index < -0.39 is 0 Å². The third-order valence-corrected chi connectivity index (χ3v) is 4.45. The Bertz CT molecular complexity index is 693. The topological polar surface area (TPSA) is 78.4 Å². The molecule has 0 aliphatic heterocycles. The number of anilines is 1. The number of nitrogens with one attached hydrogen (secondary N) is 3. The van der Waals surface area contributed by atoms with Crippen LogP contribution in [-0.4, -0.2) is 30.4 Å². The summed E-state index contributed by atoms with van der Waals surface area (Å²) in [6, 6.07) is 5.81. The summed E-state index contributed by atoms with van der Waals surface area (Å²) in [5, 5.41) is 11.2. The van der Waals surface area contributed by atoms with Crippen molar-refractivity contribution in [2.75, 3.05) is 18.9 Å². The Morgan fingerprint density at radius 2 is 2.08 bits per heavy atom. The van der Waals surface area contributed by atoms with Crippen LogP contribution in [0.5, 0.6) is 0 Å². The molecule has 0 bridgehead atoms. The van der Waals surface area contributed by atoms with E-state index in [1.807, 2.05) is 13.0 Å². The Morgan fingerprint density at radius 3 is 2.71 bits per heavy atom. The zero-order chi connectivity index (χ0) is 17.4. The van der Waals surface area contributed by atoms with E-state index in [-0.39, 0.29) is 5.91 Å². The predicted molar refractivity (Wildman–Crippen MR) is 99.5 cm³/mol. The number of aliphatic imine (C=N–C) groups is 1. The van der Waals surface area contributed by atoms with Gasteiger partial charge in [-0.3, -0.25) is 9.79 Å². The number of carbonyl (C=O) groups is 1. The first-order valence-corrected chi connectivity index (χ1v) is 8.66. The number of amides is 1. The van der Waals surface area contributed by atoms with Gasteiger partial charge in [0, 0.05) is 31.1 Å². The van der Waals surface area contributed by atoms with Crippen LogP contribution in [0.1, 0.15) is 22.4 Å². The number of hydrogen-bond acceptors (Lipinski definition) is 4. The molecule has 0 aliphatic rings. The summed E-state index contributed by atoms with van der Waals surface area (Å²) in [5.74, 6) is 1.17. The van der Waals surface area contributed by atoms with Crippen molar-refractivity contribution >= 4 is 29.0 Å². The molecule has 0 atom stereocenters. The smallest absolute Gasteiger partial charge is 0.227 e. The molecule has 2 heterocycles. The minimum absolute atomic E-state index is 0.0802. The molecule has 0 aromatic carbocycles. The summed E-state index contributed by atoms with van der Waals surface area (Å²) >= 11 is 1.72. The maximum absolute atomic E-state index is 11.9. The van der Waals surface area contributed by atoms with E-state index in [9.17, 15) is 4.79 Å². The van der Waals surface area contributed by atoms with Crippen molar-refractivity contribution in [3.63, 3.8) is 0 Å². The SMILES string of the molecule is CN=C(NCCC(=O)Nc1ccc(C)cn1)NCc1sccc1C. The fraction of sp³-hybridized carbons (Fsp3) is 0.353. The molecular weight excluding hydrogens is 322 g/mol. The average Bonchev–Trinajstić information content (AvgIpc) is 2.98. The lowest BCUT2D eigenvalue weighted by molar-refractivity contribution is -0.116. The van der Waals surface area contributed by atoms with Crippen molar-refractivity contribution in [1.29, 1.82) is 0 Å². The average molecular weight is 345 g/mol. The lowest BCUT2D eigenvalue weighted by Crippen LogP contribution is -2.38. The summed E-state index contributed by atoms with van der Waals surface area (Å²) in [6.45, 7) is 5.27. The van der Waals surface area contributed by atoms with Crippen LogP contribution in [0, 0.1) is 13.8 Å². The van der Waals surface area contributed by atoms with E-state index in [0.717, 1.165) is 12.1 Å². The maximum Gasteiger partial charge on any atom is 0.227 e. The highest BCUT2D eigenvalue weighted by Gasteiger charge is 2.05. The monoisotopic (exact) mass is 345 g/mol. The van der Waals surface area contributed by atoms with Gasteiger partial charge in [0.1, 0.15) is 5.82 Å². The number of rotatable bonds is 6. The highest BCUT2D eigenvalue weighted by molar-refractivity contribution is 7.10. The Hall–Kier alpha value is -2.41. The van der Waals surface area contributed by atoms with Crippen LogP contribution >= 0.6 is 11.3 Å². The molecule has 0 saturated carbocycles. The van der Waals surface area contributed by atoms with Gasteiger partial charge in [0.15, 0.2) is 5.96 Å². The van der Waals surface area contributed by atoms with Gasteiger partial charge in [-0.1, -0.05) is 6.07 Å². The summed E-state index contributed by atoms with van der Waals surface area (Å²) in [7, 11) is 1.72. The van der Waals surface area contributed by atoms with Gasteiger partial charge in [-0.05, 0) is 42.5 Å². The molecule has 0 fully saturated rings. The van der Waals surface area contributed by atoms with E-state index in [1.165, 1.54) is 10.4 Å². The number of carbonyl (C=O) groups excluding carboxylic acids is 1. The minimum Gasteiger partial charge on any atom is -0.356 e. The number of guanidine groups is 1. The second kappa shape index (κ2) is 9.02. The first-order chi connectivity index (χ1) is 11.6. The lowest BCUT2D eigenvalue weighted by Gasteiger charge is -2.11. The van der Waals surface area contributed by atoms with E-state index in [2.05, 4.69) is 44.3 Å².